The maximum atomic E-state index is 5.97. The zero-order chi connectivity index (χ0) is 14.2. The Morgan fingerprint density at radius 1 is 1.25 bits per heavy atom. The number of halogens is 1. The molecule has 0 saturated carbocycles. The zero-order valence-corrected chi connectivity index (χ0v) is 13.2. The van der Waals surface area contributed by atoms with Crippen LogP contribution in [-0.4, -0.2) is 26.8 Å². The van der Waals surface area contributed by atoms with E-state index < -0.39 is 0 Å². The van der Waals surface area contributed by atoms with Crippen molar-refractivity contribution in [2.75, 3.05) is 26.8 Å². The Bertz CT molecular complexity index is 484. The molecule has 1 heterocycles. The van der Waals surface area contributed by atoms with Crippen LogP contribution in [0.15, 0.2) is 41.8 Å². The van der Waals surface area contributed by atoms with Crippen LogP contribution in [-0.2, 0) is 11.2 Å². The molecular formula is C16H20ClNOS. The fourth-order valence-corrected chi connectivity index (χ4v) is 3.08. The van der Waals surface area contributed by atoms with Crippen molar-refractivity contribution in [1.82, 2.24) is 5.32 Å². The Kier molecular flexibility index (Phi) is 6.54. The second kappa shape index (κ2) is 8.42. The number of methoxy groups -OCH3 is 1. The van der Waals surface area contributed by atoms with E-state index in [1.54, 1.807) is 7.11 Å². The minimum atomic E-state index is 0.461. The number of rotatable bonds is 8. The molecule has 1 atom stereocenters. The normalized spacial score (nSPS) is 12.5. The predicted molar refractivity (Wildman–Crippen MR) is 87.0 cm³/mol. The zero-order valence-electron chi connectivity index (χ0n) is 11.6. The summed E-state index contributed by atoms with van der Waals surface area (Å²) < 4.78 is 5.07. The van der Waals surface area contributed by atoms with Gasteiger partial charge in [0.25, 0.3) is 0 Å². The Hall–Kier alpha value is -0.870. The minimum absolute atomic E-state index is 0.461. The van der Waals surface area contributed by atoms with Gasteiger partial charge >= 0.3 is 0 Å². The number of thiophene rings is 1. The van der Waals surface area contributed by atoms with Crippen molar-refractivity contribution in [3.63, 3.8) is 0 Å². The third-order valence-electron chi connectivity index (χ3n) is 3.24. The highest BCUT2D eigenvalue weighted by molar-refractivity contribution is 7.09. The lowest BCUT2D eigenvalue weighted by Crippen LogP contribution is -2.26. The Balaban J connectivity index is 2.00. The van der Waals surface area contributed by atoms with Gasteiger partial charge in [0.05, 0.1) is 6.61 Å². The Labute approximate surface area is 129 Å². The predicted octanol–water partition coefficient (Wildman–Crippen LogP) is 3.96. The molecule has 0 aliphatic rings. The van der Waals surface area contributed by atoms with Crippen molar-refractivity contribution in [3.8, 4) is 0 Å². The molecule has 0 radical (unpaired) electrons. The third-order valence-corrected chi connectivity index (χ3v) is 4.39. The summed E-state index contributed by atoms with van der Waals surface area (Å²) in [6.45, 7) is 2.57. The van der Waals surface area contributed by atoms with Gasteiger partial charge < -0.3 is 10.1 Å². The van der Waals surface area contributed by atoms with Gasteiger partial charge in [-0.25, -0.2) is 0 Å². The first-order valence-electron chi connectivity index (χ1n) is 6.77. The van der Waals surface area contributed by atoms with Gasteiger partial charge in [-0.2, -0.15) is 0 Å². The summed E-state index contributed by atoms with van der Waals surface area (Å²) in [5.74, 6) is 0.461. The Morgan fingerprint density at radius 2 is 2.05 bits per heavy atom. The first-order chi connectivity index (χ1) is 9.79. The molecule has 0 fully saturated rings. The van der Waals surface area contributed by atoms with Crippen LogP contribution in [0.25, 0.3) is 0 Å². The molecule has 2 aromatic rings. The topological polar surface area (TPSA) is 21.3 Å². The van der Waals surface area contributed by atoms with Crippen LogP contribution in [0, 0.1) is 0 Å². The second-order valence-electron chi connectivity index (χ2n) is 4.73. The van der Waals surface area contributed by atoms with E-state index in [0.29, 0.717) is 5.92 Å². The number of nitrogens with one attached hydrogen (secondary N) is 1. The van der Waals surface area contributed by atoms with Gasteiger partial charge in [0.2, 0.25) is 0 Å². The molecule has 0 spiro atoms. The minimum Gasteiger partial charge on any atom is -0.383 e. The summed E-state index contributed by atoms with van der Waals surface area (Å²) in [5, 5.41) is 6.38. The van der Waals surface area contributed by atoms with E-state index in [0.717, 1.165) is 31.1 Å². The molecule has 20 heavy (non-hydrogen) atoms. The number of hydrogen-bond donors (Lipinski definition) is 1. The van der Waals surface area contributed by atoms with Crippen molar-refractivity contribution in [2.45, 2.75) is 12.3 Å². The van der Waals surface area contributed by atoms with Crippen molar-refractivity contribution >= 4 is 22.9 Å². The molecule has 0 saturated heterocycles. The fraction of sp³-hybridized carbons (Fsp3) is 0.375. The molecule has 1 aromatic heterocycles. The van der Waals surface area contributed by atoms with Gasteiger partial charge in [-0.3, -0.25) is 0 Å². The molecule has 1 N–H and O–H groups in total. The lowest BCUT2D eigenvalue weighted by Gasteiger charge is -2.17. The van der Waals surface area contributed by atoms with E-state index in [4.69, 9.17) is 16.3 Å². The molecule has 108 valence electrons. The standard InChI is InChI=1S/C16H20ClNOS/c1-19-9-8-18-12-14(11-16-3-2-10-20-16)13-4-6-15(17)7-5-13/h2-7,10,14,18H,8-9,11-12H2,1H3. The molecule has 0 aliphatic heterocycles. The maximum absolute atomic E-state index is 5.97. The molecule has 0 bridgehead atoms. The van der Waals surface area contributed by atoms with Crippen LogP contribution >= 0.6 is 22.9 Å². The first kappa shape index (κ1) is 15.5. The van der Waals surface area contributed by atoms with Crippen LogP contribution in [0.2, 0.25) is 5.02 Å². The van der Waals surface area contributed by atoms with Gasteiger partial charge in [0.1, 0.15) is 0 Å². The molecular weight excluding hydrogens is 290 g/mol. The van der Waals surface area contributed by atoms with Gasteiger partial charge in [-0.1, -0.05) is 29.8 Å². The lowest BCUT2D eigenvalue weighted by molar-refractivity contribution is 0.199. The average molecular weight is 310 g/mol. The van der Waals surface area contributed by atoms with Gasteiger partial charge in [-0.05, 0) is 35.6 Å². The van der Waals surface area contributed by atoms with E-state index in [1.807, 2.05) is 23.5 Å². The van der Waals surface area contributed by atoms with Crippen LogP contribution in [0.1, 0.15) is 16.4 Å². The van der Waals surface area contributed by atoms with E-state index in [-0.39, 0.29) is 0 Å². The van der Waals surface area contributed by atoms with Crippen molar-refractivity contribution in [2.24, 2.45) is 0 Å². The molecule has 2 nitrogen and oxygen atoms in total. The average Bonchev–Trinajstić information content (AvgIpc) is 2.96. The Morgan fingerprint density at radius 3 is 2.70 bits per heavy atom. The van der Waals surface area contributed by atoms with E-state index >= 15 is 0 Å². The summed E-state index contributed by atoms with van der Waals surface area (Å²) in [7, 11) is 1.73. The monoisotopic (exact) mass is 309 g/mol. The largest absolute Gasteiger partial charge is 0.383 e. The molecule has 4 heteroatoms. The summed E-state index contributed by atoms with van der Waals surface area (Å²) in [6.07, 6.45) is 1.05. The molecule has 0 amide bonds. The molecule has 2 rings (SSSR count). The van der Waals surface area contributed by atoms with Crippen LogP contribution in [0.5, 0.6) is 0 Å². The van der Waals surface area contributed by atoms with Gasteiger partial charge in [-0.15, -0.1) is 11.3 Å². The number of ether oxygens (including phenoxy) is 1. The molecule has 0 aliphatic carbocycles. The number of hydrogen-bond acceptors (Lipinski definition) is 3. The van der Waals surface area contributed by atoms with Gasteiger partial charge in [0, 0.05) is 36.0 Å². The summed E-state index contributed by atoms with van der Waals surface area (Å²) >= 11 is 7.79. The van der Waals surface area contributed by atoms with Crippen LogP contribution < -0.4 is 5.32 Å². The summed E-state index contributed by atoms with van der Waals surface area (Å²) in [4.78, 5) is 1.42. The van der Waals surface area contributed by atoms with E-state index in [2.05, 4.69) is 35.0 Å². The van der Waals surface area contributed by atoms with Crippen molar-refractivity contribution < 1.29 is 4.74 Å². The van der Waals surface area contributed by atoms with Crippen molar-refractivity contribution in [1.29, 1.82) is 0 Å². The number of benzene rings is 1. The van der Waals surface area contributed by atoms with Crippen molar-refractivity contribution in [3.05, 3.63) is 57.2 Å². The smallest absolute Gasteiger partial charge is 0.0587 e. The highest BCUT2D eigenvalue weighted by Gasteiger charge is 2.12. The van der Waals surface area contributed by atoms with Crippen LogP contribution in [0.3, 0.4) is 0 Å². The maximum Gasteiger partial charge on any atom is 0.0587 e. The van der Waals surface area contributed by atoms with E-state index in [1.165, 1.54) is 10.4 Å². The third kappa shape index (κ3) is 4.91. The first-order valence-corrected chi connectivity index (χ1v) is 8.03. The molecule has 1 aromatic carbocycles. The lowest BCUT2D eigenvalue weighted by atomic mass is 9.95. The SMILES string of the molecule is COCCNCC(Cc1cccs1)c1ccc(Cl)cc1. The quantitative estimate of drug-likeness (QED) is 0.745. The highest BCUT2D eigenvalue weighted by Crippen LogP contribution is 2.24. The summed E-state index contributed by atoms with van der Waals surface area (Å²) in [5.41, 5.74) is 1.33. The van der Waals surface area contributed by atoms with E-state index in [9.17, 15) is 0 Å². The summed E-state index contributed by atoms with van der Waals surface area (Å²) in [6, 6.07) is 12.5. The van der Waals surface area contributed by atoms with Crippen LogP contribution in [0.4, 0.5) is 0 Å². The van der Waals surface area contributed by atoms with Gasteiger partial charge in [0.15, 0.2) is 0 Å². The molecule has 1 unspecified atom stereocenters. The fourth-order valence-electron chi connectivity index (χ4n) is 2.16. The highest BCUT2D eigenvalue weighted by atomic mass is 35.5. The second-order valence-corrected chi connectivity index (χ2v) is 6.20.